The van der Waals surface area contributed by atoms with Crippen molar-refractivity contribution >= 4 is 22.9 Å². The van der Waals surface area contributed by atoms with Crippen LogP contribution in [0.1, 0.15) is 11.4 Å². The van der Waals surface area contributed by atoms with E-state index in [1.807, 2.05) is 29.8 Å². The van der Waals surface area contributed by atoms with Crippen LogP contribution in [0.15, 0.2) is 24.5 Å². The summed E-state index contributed by atoms with van der Waals surface area (Å²) in [6.07, 6.45) is 1.65. The van der Waals surface area contributed by atoms with Gasteiger partial charge in [-0.3, -0.25) is 0 Å². The van der Waals surface area contributed by atoms with Gasteiger partial charge < -0.3 is 20.4 Å². The number of nitrogens with one attached hydrogen (secondary N) is 1. The van der Waals surface area contributed by atoms with Gasteiger partial charge >= 0.3 is 0 Å². The Kier molecular flexibility index (Phi) is 3.96. The zero-order chi connectivity index (χ0) is 13.8. The summed E-state index contributed by atoms with van der Waals surface area (Å²) in [7, 11) is 3.50. The zero-order valence-corrected chi connectivity index (χ0v) is 11.6. The molecule has 0 radical (unpaired) electrons. The van der Waals surface area contributed by atoms with Crippen molar-refractivity contribution in [2.75, 3.05) is 12.4 Å². The van der Waals surface area contributed by atoms with Crippen LogP contribution in [0, 0.1) is 0 Å². The van der Waals surface area contributed by atoms with Crippen LogP contribution in [-0.4, -0.2) is 26.9 Å². The van der Waals surface area contributed by atoms with Gasteiger partial charge in [0, 0.05) is 24.4 Å². The molecule has 1 aromatic heterocycles. The van der Waals surface area contributed by atoms with E-state index in [0.717, 1.165) is 22.8 Å². The molecule has 0 unspecified atom stereocenters. The summed E-state index contributed by atoms with van der Waals surface area (Å²) in [6, 6.07) is 5.51. The molecule has 0 aliphatic rings. The number of aryl methyl sites for hydroxylation is 1. The summed E-state index contributed by atoms with van der Waals surface area (Å²) >= 11 is 5.03. The van der Waals surface area contributed by atoms with E-state index < -0.39 is 0 Å². The van der Waals surface area contributed by atoms with Crippen molar-refractivity contribution in [1.29, 1.82) is 0 Å². The zero-order valence-electron chi connectivity index (χ0n) is 10.8. The van der Waals surface area contributed by atoms with Gasteiger partial charge in [-0.2, -0.15) is 0 Å². The number of aromatic nitrogens is 3. The average Bonchev–Trinajstić information content (AvgIpc) is 2.81. The highest BCUT2D eigenvalue weighted by molar-refractivity contribution is 7.80. The smallest absolute Gasteiger partial charge is 0.151 e. The van der Waals surface area contributed by atoms with E-state index in [-0.39, 0.29) is 0 Å². The Balaban J connectivity index is 2.22. The van der Waals surface area contributed by atoms with E-state index in [1.165, 1.54) is 0 Å². The lowest BCUT2D eigenvalue weighted by atomic mass is 10.1. The number of hydrogen-bond donors (Lipinski definition) is 2. The minimum absolute atomic E-state index is 0.336. The highest BCUT2D eigenvalue weighted by Crippen LogP contribution is 2.23. The second-order valence-electron chi connectivity index (χ2n) is 3.99. The molecule has 0 spiro atoms. The fourth-order valence-corrected chi connectivity index (χ4v) is 1.83. The van der Waals surface area contributed by atoms with Gasteiger partial charge in [0.2, 0.25) is 0 Å². The number of rotatable bonds is 5. The molecule has 0 aliphatic heterocycles. The Morgan fingerprint density at radius 1 is 1.53 bits per heavy atom. The van der Waals surface area contributed by atoms with Crippen molar-refractivity contribution in [2.45, 2.75) is 6.54 Å². The molecular weight excluding hydrogens is 262 g/mol. The van der Waals surface area contributed by atoms with Crippen molar-refractivity contribution in [3.8, 4) is 5.75 Å². The molecule has 2 aromatic rings. The Hall–Kier alpha value is -2.15. The molecule has 19 heavy (non-hydrogen) atoms. The largest absolute Gasteiger partial charge is 0.497 e. The van der Waals surface area contributed by atoms with Crippen molar-refractivity contribution in [3.05, 3.63) is 35.9 Å². The molecule has 0 aliphatic carbocycles. The van der Waals surface area contributed by atoms with Crippen LogP contribution < -0.4 is 15.8 Å². The van der Waals surface area contributed by atoms with Crippen LogP contribution in [0.4, 0.5) is 5.69 Å². The first-order valence-corrected chi connectivity index (χ1v) is 6.07. The topological polar surface area (TPSA) is 78.0 Å². The molecule has 3 N–H and O–H groups in total. The summed E-state index contributed by atoms with van der Waals surface area (Å²) in [5.41, 5.74) is 7.29. The Morgan fingerprint density at radius 3 is 2.89 bits per heavy atom. The van der Waals surface area contributed by atoms with E-state index in [2.05, 4.69) is 15.5 Å². The lowest BCUT2D eigenvalue weighted by Crippen LogP contribution is -2.14. The van der Waals surface area contributed by atoms with Crippen LogP contribution in [0.3, 0.4) is 0 Å². The number of nitrogens with zero attached hydrogens (tertiary/aromatic N) is 3. The molecule has 0 fully saturated rings. The first-order chi connectivity index (χ1) is 9.11. The van der Waals surface area contributed by atoms with Crippen molar-refractivity contribution in [1.82, 2.24) is 14.8 Å². The van der Waals surface area contributed by atoms with Gasteiger partial charge in [0.1, 0.15) is 17.1 Å². The normalized spacial score (nSPS) is 10.2. The number of hydrogen-bond acceptors (Lipinski definition) is 5. The molecule has 0 bridgehead atoms. The lowest BCUT2D eigenvalue weighted by molar-refractivity contribution is 0.415. The van der Waals surface area contributed by atoms with Gasteiger partial charge in [-0.05, 0) is 12.1 Å². The monoisotopic (exact) mass is 277 g/mol. The summed E-state index contributed by atoms with van der Waals surface area (Å²) < 4.78 is 7.03. The third-order valence-electron chi connectivity index (χ3n) is 2.73. The molecule has 0 atom stereocenters. The number of methoxy groups -OCH3 is 1. The van der Waals surface area contributed by atoms with E-state index in [9.17, 15) is 0 Å². The molecule has 6 nitrogen and oxygen atoms in total. The number of thiocarbonyl (C=S) groups is 1. The van der Waals surface area contributed by atoms with E-state index in [4.69, 9.17) is 22.7 Å². The highest BCUT2D eigenvalue weighted by atomic mass is 32.1. The quantitative estimate of drug-likeness (QED) is 0.796. The minimum Gasteiger partial charge on any atom is -0.497 e. The molecule has 7 heteroatoms. The van der Waals surface area contributed by atoms with Crippen LogP contribution in [0.5, 0.6) is 5.75 Å². The van der Waals surface area contributed by atoms with E-state index in [0.29, 0.717) is 11.5 Å². The predicted octanol–water partition coefficient (Wildman–Crippen LogP) is 1.07. The van der Waals surface area contributed by atoms with Gasteiger partial charge in [-0.1, -0.05) is 12.2 Å². The second kappa shape index (κ2) is 5.66. The number of nitrogens with two attached hydrogens (primary N) is 1. The van der Waals surface area contributed by atoms with Crippen molar-refractivity contribution in [3.63, 3.8) is 0 Å². The number of anilines is 1. The minimum atomic E-state index is 0.336. The van der Waals surface area contributed by atoms with Gasteiger partial charge in [0.15, 0.2) is 5.82 Å². The Bertz CT molecular complexity index is 596. The molecule has 0 amide bonds. The third kappa shape index (κ3) is 3.00. The highest BCUT2D eigenvalue weighted by Gasteiger charge is 2.08. The fourth-order valence-electron chi connectivity index (χ4n) is 1.65. The van der Waals surface area contributed by atoms with Crippen LogP contribution >= 0.6 is 12.2 Å². The SMILES string of the molecule is COc1ccc(C(N)=S)c(NCc2nncn2C)c1. The Morgan fingerprint density at radius 2 is 2.32 bits per heavy atom. The number of benzene rings is 1. The number of ether oxygens (including phenoxy) is 1. The molecule has 0 saturated carbocycles. The summed E-state index contributed by atoms with van der Waals surface area (Å²) in [5, 5.41) is 11.1. The van der Waals surface area contributed by atoms with Gasteiger partial charge in [0.25, 0.3) is 0 Å². The summed E-state index contributed by atoms with van der Waals surface area (Å²) in [4.78, 5) is 0.336. The van der Waals surface area contributed by atoms with Crippen LogP contribution in [0.25, 0.3) is 0 Å². The van der Waals surface area contributed by atoms with Crippen molar-refractivity contribution < 1.29 is 4.74 Å². The maximum atomic E-state index is 5.70. The lowest BCUT2D eigenvalue weighted by Gasteiger charge is -2.12. The van der Waals surface area contributed by atoms with Crippen LogP contribution in [-0.2, 0) is 13.6 Å². The summed E-state index contributed by atoms with van der Waals surface area (Å²) in [5.74, 6) is 1.55. The molecule has 0 saturated heterocycles. The van der Waals surface area contributed by atoms with Gasteiger partial charge in [-0.25, -0.2) is 0 Å². The second-order valence-corrected chi connectivity index (χ2v) is 4.43. The van der Waals surface area contributed by atoms with Crippen molar-refractivity contribution in [2.24, 2.45) is 12.8 Å². The standard InChI is InChI=1S/C12H15N5OS/c1-17-7-15-16-11(17)6-14-10-5-8(18-2)3-4-9(10)12(13)19/h3-5,7,14H,6H2,1-2H3,(H2,13,19). The van der Waals surface area contributed by atoms with Gasteiger partial charge in [0.05, 0.1) is 13.7 Å². The van der Waals surface area contributed by atoms with E-state index >= 15 is 0 Å². The maximum absolute atomic E-state index is 5.70. The third-order valence-corrected chi connectivity index (χ3v) is 2.95. The average molecular weight is 277 g/mol. The Labute approximate surface area is 116 Å². The molecule has 1 aromatic carbocycles. The summed E-state index contributed by atoms with van der Waals surface area (Å²) in [6.45, 7) is 0.527. The molecular formula is C12H15N5OS. The first kappa shape index (κ1) is 13.3. The predicted molar refractivity (Wildman–Crippen MR) is 77.2 cm³/mol. The van der Waals surface area contributed by atoms with E-state index in [1.54, 1.807) is 13.4 Å². The fraction of sp³-hybridized carbons (Fsp3) is 0.250. The molecule has 2 rings (SSSR count). The molecule has 100 valence electrons. The molecule has 1 heterocycles. The maximum Gasteiger partial charge on any atom is 0.151 e. The first-order valence-electron chi connectivity index (χ1n) is 5.66. The van der Waals surface area contributed by atoms with Crippen LogP contribution in [0.2, 0.25) is 0 Å². The van der Waals surface area contributed by atoms with Gasteiger partial charge in [-0.15, -0.1) is 10.2 Å².